The van der Waals surface area contributed by atoms with Crippen LogP contribution in [0.1, 0.15) is 29.6 Å². The molecule has 140 valence electrons. The van der Waals surface area contributed by atoms with Gasteiger partial charge < -0.3 is 19.9 Å². The third-order valence-corrected chi connectivity index (χ3v) is 4.52. The van der Waals surface area contributed by atoms with E-state index in [-0.39, 0.29) is 11.3 Å². The van der Waals surface area contributed by atoms with Crippen LogP contribution in [0.15, 0.2) is 29.3 Å². The van der Waals surface area contributed by atoms with E-state index in [0.717, 1.165) is 6.42 Å². The zero-order chi connectivity index (χ0) is 19.0. The summed E-state index contributed by atoms with van der Waals surface area (Å²) in [5.41, 5.74) is 1.07. The Morgan fingerprint density at radius 3 is 2.93 bits per heavy atom. The van der Waals surface area contributed by atoms with Crippen LogP contribution in [0, 0.1) is 0 Å². The number of carbonyl (C=O) groups is 1. The maximum absolute atomic E-state index is 12.6. The molecule has 0 spiro atoms. The van der Waals surface area contributed by atoms with E-state index in [0.29, 0.717) is 53.7 Å². The third-order valence-electron chi connectivity index (χ3n) is 4.52. The molecule has 0 aromatic carbocycles. The average Bonchev–Trinajstić information content (AvgIpc) is 3.08. The first-order chi connectivity index (χ1) is 13.1. The number of carbonyl (C=O) groups excluding carboxylic acids is 1. The molecule has 4 bridgehead atoms. The van der Waals surface area contributed by atoms with Crippen molar-refractivity contribution < 1.29 is 9.53 Å². The smallest absolute Gasteiger partial charge is 0.274 e. The lowest BCUT2D eigenvalue weighted by Crippen LogP contribution is -2.20. The SMILES string of the molecule is CNc1cc2nc3c(cnn13)C(=O)CCCCOc1cc(c(=O)n(C)c1)N2. The maximum Gasteiger partial charge on any atom is 0.274 e. The van der Waals surface area contributed by atoms with E-state index in [1.54, 1.807) is 36.9 Å². The van der Waals surface area contributed by atoms with Crippen molar-refractivity contribution in [3.63, 3.8) is 0 Å². The number of hydrogen-bond acceptors (Lipinski definition) is 7. The van der Waals surface area contributed by atoms with Gasteiger partial charge in [0.2, 0.25) is 0 Å². The summed E-state index contributed by atoms with van der Waals surface area (Å²) in [5, 5.41) is 10.4. The number of nitrogens with zero attached hydrogens (tertiary/aromatic N) is 4. The number of hydrogen-bond donors (Lipinski definition) is 2. The van der Waals surface area contributed by atoms with E-state index in [2.05, 4.69) is 20.7 Å². The lowest BCUT2D eigenvalue weighted by Gasteiger charge is -2.13. The van der Waals surface area contributed by atoms with Gasteiger partial charge in [-0.1, -0.05) is 0 Å². The fraction of sp³-hybridized carbons (Fsp3) is 0.333. The van der Waals surface area contributed by atoms with E-state index in [9.17, 15) is 9.59 Å². The van der Waals surface area contributed by atoms with Crippen molar-refractivity contribution in [3.05, 3.63) is 40.4 Å². The third kappa shape index (κ3) is 3.12. The molecular weight excluding hydrogens is 348 g/mol. The normalized spacial score (nSPS) is 14.5. The molecule has 3 aromatic rings. The van der Waals surface area contributed by atoms with Gasteiger partial charge in [0, 0.05) is 38.8 Å². The first kappa shape index (κ1) is 17.1. The van der Waals surface area contributed by atoms with Crippen LogP contribution in [-0.2, 0) is 7.05 Å². The summed E-state index contributed by atoms with van der Waals surface area (Å²) in [6.45, 7) is 0.474. The second kappa shape index (κ2) is 6.75. The van der Waals surface area contributed by atoms with Gasteiger partial charge in [-0.3, -0.25) is 9.59 Å². The average molecular weight is 368 g/mol. The largest absolute Gasteiger partial charge is 0.492 e. The summed E-state index contributed by atoms with van der Waals surface area (Å²) in [5.74, 6) is 1.66. The van der Waals surface area contributed by atoms with Gasteiger partial charge in [0.1, 0.15) is 23.1 Å². The maximum atomic E-state index is 12.6. The predicted molar refractivity (Wildman–Crippen MR) is 101 cm³/mol. The molecule has 0 aliphatic carbocycles. The highest BCUT2D eigenvalue weighted by Crippen LogP contribution is 2.24. The fourth-order valence-corrected chi connectivity index (χ4v) is 3.10. The van der Waals surface area contributed by atoms with Gasteiger partial charge in [-0.05, 0) is 12.8 Å². The van der Waals surface area contributed by atoms with Crippen LogP contribution in [0.25, 0.3) is 5.65 Å². The van der Waals surface area contributed by atoms with Crippen LogP contribution in [0.5, 0.6) is 5.75 Å². The topological polar surface area (TPSA) is 103 Å². The monoisotopic (exact) mass is 368 g/mol. The molecule has 4 heterocycles. The zero-order valence-corrected chi connectivity index (χ0v) is 15.2. The number of ketones is 1. The van der Waals surface area contributed by atoms with Gasteiger partial charge in [0.25, 0.3) is 5.56 Å². The minimum Gasteiger partial charge on any atom is -0.492 e. The number of fused-ring (bicyclic) bond motifs is 3. The van der Waals surface area contributed by atoms with E-state index < -0.39 is 0 Å². The van der Waals surface area contributed by atoms with Gasteiger partial charge >= 0.3 is 0 Å². The van der Waals surface area contributed by atoms with Crippen molar-refractivity contribution >= 4 is 28.8 Å². The molecule has 1 aliphatic heterocycles. The number of nitrogens with one attached hydrogen (secondary N) is 2. The van der Waals surface area contributed by atoms with Gasteiger partial charge in [0.05, 0.1) is 18.4 Å². The van der Waals surface area contributed by atoms with E-state index in [1.807, 2.05) is 0 Å². The molecule has 0 saturated heterocycles. The number of pyridine rings is 1. The minimum absolute atomic E-state index is 0.0109. The van der Waals surface area contributed by atoms with Crippen LogP contribution in [0.2, 0.25) is 0 Å². The summed E-state index contributed by atoms with van der Waals surface area (Å²) in [7, 11) is 3.43. The van der Waals surface area contributed by atoms with Gasteiger partial charge in [-0.15, -0.1) is 0 Å². The van der Waals surface area contributed by atoms with Gasteiger partial charge in [-0.25, -0.2) is 4.98 Å². The Morgan fingerprint density at radius 1 is 1.26 bits per heavy atom. The summed E-state index contributed by atoms with van der Waals surface area (Å²) in [6, 6.07) is 3.40. The van der Waals surface area contributed by atoms with Gasteiger partial charge in [-0.2, -0.15) is 9.61 Å². The van der Waals surface area contributed by atoms with Crippen LogP contribution < -0.4 is 20.9 Å². The quantitative estimate of drug-likeness (QED) is 0.677. The Labute approximate surface area is 155 Å². The molecule has 0 fully saturated rings. The molecule has 9 heteroatoms. The highest BCUT2D eigenvalue weighted by atomic mass is 16.5. The summed E-state index contributed by atoms with van der Waals surface area (Å²) < 4.78 is 8.80. The van der Waals surface area contributed by atoms with Crippen LogP contribution in [-0.4, -0.2) is 38.6 Å². The molecule has 4 rings (SSSR count). The predicted octanol–water partition coefficient (Wildman–Crippen LogP) is 1.96. The Bertz CT molecular complexity index is 1080. The number of Topliss-reactive ketones (excluding diaryl/α,β-unsaturated/α-hetero) is 1. The standard InChI is InChI=1S/C18H20N6O3/c1-19-16-8-15-21-13-7-11(10-23(2)18(13)26)27-6-4-3-5-14(25)12-9-20-24(16)17(12)22-15/h7-10,19H,3-6H2,1-2H3,(H,21,22). The Hall–Kier alpha value is -3.36. The van der Waals surface area contributed by atoms with Crippen molar-refractivity contribution in [1.29, 1.82) is 0 Å². The zero-order valence-electron chi connectivity index (χ0n) is 15.2. The Kier molecular flexibility index (Phi) is 4.27. The number of anilines is 3. The first-order valence-corrected chi connectivity index (χ1v) is 8.77. The highest BCUT2D eigenvalue weighted by Gasteiger charge is 2.18. The number of aromatic nitrogens is 4. The van der Waals surface area contributed by atoms with E-state index >= 15 is 0 Å². The number of ether oxygens (including phenoxy) is 1. The fourth-order valence-electron chi connectivity index (χ4n) is 3.10. The first-order valence-electron chi connectivity index (χ1n) is 8.77. The van der Waals surface area contributed by atoms with Gasteiger partial charge in [0.15, 0.2) is 11.4 Å². The van der Waals surface area contributed by atoms with Crippen molar-refractivity contribution in [1.82, 2.24) is 19.2 Å². The van der Waals surface area contributed by atoms with Crippen LogP contribution in [0.4, 0.5) is 17.3 Å². The lowest BCUT2D eigenvalue weighted by atomic mass is 10.1. The van der Waals surface area contributed by atoms with Crippen LogP contribution in [0.3, 0.4) is 0 Å². The van der Waals surface area contributed by atoms with E-state index in [4.69, 9.17) is 4.74 Å². The second-order valence-electron chi connectivity index (χ2n) is 6.43. The molecule has 0 radical (unpaired) electrons. The molecular formula is C18H20N6O3. The minimum atomic E-state index is -0.202. The molecule has 27 heavy (non-hydrogen) atoms. The second-order valence-corrected chi connectivity index (χ2v) is 6.43. The summed E-state index contributed by atoms with van der Waals surface area (Å²) in [4.78, 5) is 29.6. The molecule has 0 unspecified atom stereocenters. The summed E-state index contributed by atoms with van der Waals surface area (Å²) in [6.07, 6.45) is 5.02. The molecule has 0 atom stereocenters. The van der Waals surface area contributed by atoms with Crippen molar-refractivity contribution in [2.45, 2.75) is 19.3 Å². The Balaban J connectivity index is 1.90. The molecule has 3 aromatic heterocycles. The number of rotatable bonds is 1. The van der Waals surface area contributed by atoms with Crippen molar-refractivity contribution in [2.75, 3.05) is 24.3 Å². The molecule has 1 aliphatic rings. The van der Waals surface area contributed by atoms with Crippen LogP contribution >= 0.6 is 0 Å². The van der Waals surface area contributed by atoms with E-state index in [1.165, 1.54) is 10.8 Å². The lowest BCUT2D eigenvalue weighted by molar-refractivity contribution is 0.0979. The highest BCUT2D eigenvalue weighted by molar-refractivity contribution is 6.01. The number of aryl methyl sites for hydroxylation is 1. The Morgan fingerprint density at radius 2 is 2.11 bits per heavy atom. The van der Waals surface area contributed by atoms with Crippen molar-refractivity contribution in [2.24, 2.45) is 7.05 Å². The molecule has 0 amide bonds. The molecule has 9 nitrogen and oxygen atoms in total. The summed E-state index contributed by atoms with van der Waals surface area (Å²) >= 11 is 0. The molecule has 2 N–H and O–H groups in total. The van der Waals surface area contributed by atoms with Crippen molar-refractivity contribution in [3.8, 4) is 5.75 Å². The molecule has 0 saturated carbocycles.